The Morgan fingerprint density at radius 3 is 2.00 bits per heavy atom. The van der Waals surface area contributed by atoms with Gasteiger partial charge in [0.15, 0.2) is 0 Å². The van der Waals surface area contributed by atoms with E-state index >= 15 is 0 Å². The number of hydrogen-bond acceptors (Lipinski definition) is 4. The van der Waals surface area contributed by atoms with Crippen molar-refractivity contribution in [1.29, 1.82) is 0 Å². The maximum Gasteiger partial charge on any atom is 0.321 e. The molecule has 1 unspecified atom stereocenters. The molecule has 0 spiro atoms. The van der Waals surface area contributed by atoms with E-state index in [0.29, 0.717) is 12.3 Å². The first kappa shape index (κ1) is 19.3. The van der Waals surface area contributed by atoms with Crippen molar-refractivity contribution in [3.05, 3.63) is 0 Å². The van der Waals surface area contributed by atoms with Crippen LogP contribution in [-0.4, -0.2) is 44.5 Å². The summed E-state index contributed by atoms with van der Waals surface area (Å²) in [5.74, 6) is -0.974. The lowest BCUT2D eigenvalue weighted by Crippen LogP contribution is -2.44. The zero-order valence-electron chi connectivity index (χ0n) is 12.9. The molecule has 20 heavy (non-hydrogen) atoms. The van der Waals surface area contributed by atoms with Crippen LogP contribution in [-0.2, 0) is 19.6 Å². The molecule has 120 valence electrons. The van der Waals surface area contributed by atoms with E-state index in [2.05, 4.69) is 4.72 Å². The number of hydrogen-bond donors (Lipinski definition) is 2. The molecule has 2 atom stereocenters. The minimum absolute atomic E-state index is 0.0905. The molecule has 0 aliphatic rings. The molecule has 0 heterocycles. The smallest absolute Gasteiger partial charge is 0.321 e. The van der Waals surface area contributed by atoms with Gasteiger partial charge in [0.05, 0.1) is 11.9 Å². The standard InChI is InChI=1S/C13H27NO5S/c1-9(2)6-11(19-5)8-20(17,18)14-12(13(15)16)7-10(3)4/h9-12,14H,6-8H2,1-5H3,(H,15,16)/t11?,12-/m0/s1. The molecule has 0 bridgehead atoms. The van der Waals surface area contributed by atoms with Crippen molar-refractivity contribution in [1.82, 2.24) is 4.72 Å². The van der Waals surface area contributed by atoms with E-state index in [1.165, 1.54) is 7.11 Å². The van der Waals surface area contributed by atoms with Gasteiger partial charge >= 0.3 is 5.97 Å². The molecule has 7 heteroatoms. The fourth-order valence-electron chi connectivity index (χ4n) is 1.94. The van der Waals surface area contributed by atoms with Crippen LogP contribution in [0.5, 0.6) is 0 Å². The molecule has 2 N–H and O–H groups in total. The molecule has 0 aromatic heterocycles. The van der Waals surface area contributed by atoms with Crippen molar-refractivity contribution in [2.75, 3.05) is 12.9 Å². The van der Waals surface area contributed by atoms with Crippen LogP contribution in [0.2, 0.25) is 0 Å². The highest BCUT2D eigenvalue weighted by Crippen LogP contribution is 2.11. The van der Waals surface area contributed by atoms with Crippen LogP contribution in [0, 0.1) is 11.8 Å². The maximum absolute atomic E-state index is 12.0. The number of ether oxygens (including phenoxy) is 1. The fraction of sp³-hybridized carbons (Fsp3) is 0.923. The normalized spacial score (nSPS) is 15.6. The van der Waals surface area contributed by atoms with Crippen LogP contribution in [0.3, 0.4) is 0 Å². The van der Waals surface area contributed by atoms with Crippen LogP contribution in [0.25, 0.3) is 0 Å². The second-order valence-corrected chi connectivity index (χ2v) is 7.71. The number of rotatable bonds is 10. The minimum atomic E-state index is -3.68. The summed E-state index contributed by atoms with van der Waals surface area (Å²) in [5.41, 5.74) is 0. The summed E-state index contributed by atoms with van der Waals surface area (Å²) >= 11 is 0. The Balaban J connectivity index is 4.73. The molecule has 0 fully saturated rings. The quantitative estimate of drug-likeness (QED) is 0.637. The topological polar surface area (TPSA) is 92.7 Å². The zero-order chi connectivity index (χ0) is 15.9. The number of carboxylic acids is 1. The summed E-state index contributed by atoms with van der Waals surface area (Å²) in [6.07, 6.45) is 0.441. The Morgan fingerprint density at radius 2 is 1.65 bits per heavy atom. The Bertz CT molecular complexity index is 392. The van der Waals surface area contributed by atoms with Gasteiger partial charge in [-0.2, -0.15) is 0 Å². The second-order valence-electron chi connectivity index (χ2n) is 5.91. The summed E-state index contributed by atoms with van der Waals surface area (Å²) in [7, 11) is -2.22. The average Bonchev–Trinajstić information content (AvgIpc) is 2.24. The number of methoxy groups -OCH3 is 1. The Kier molecular flexibility index (Phi) is 8.30. The number of carboxylic acid groups (broad SMARTS) is 1. The van der Waals surface area contributed by atoms with Crippen molar-refractivity contribution < 1.29 is 23.1 Å². The van der Waals surface area contributed by atoms with Gasteiger partial charge in [-0.05, 0) is 24.7 Å². The summed E-state index contributed by atoms with van der Waals surface area (Å²) in [4.78, 5) is 11.1. The molecule has 0 amide bonds. The van der Waals surface area contributed by atoms with Gasteiger partial charge in [0, 0.05) is 7.11 Å². The van der Waals surface area contributed by atoms with Gasteiger partial charge < -0.3 is 9.84 Å². The van der Waals surface area contributed by atoms with Crippen LogP contribution >= 0.6 is 0 Å². The molecule has 0 aliphatic carbocycles. The summed E-state index contributed by atoms with van der Waals surface area (Å²) in [5, 5.41) is 9.06. The lowest BCUT2D eigenvalue weighted by molar-refractivity contribution is -0.139. The Hall–Kier alpha value is -0.660. The molecule has 6 nitrogen and oxygen atoms in total. The van der Waals surface area contributed by atoms with Gasteiger partial charge in [-0.1, -0.05) is 27.7 Å². The third kappa shape index (κ3) is 8.50. The van der Waals surface area contributed by atoms with E-state index in [1.54, 1.807) is 0 Å². The highest BCUT2D eigenvalue weighted by molar-refractivity contribution is 7.89. The molecule has 0 aromatic rings. The first-order chi connectivity index (χ1) is 9.07. The van der Waals surface area contributed by atoms with Crippen LogP contribution in [0.15, 0.2) is 0 Å². The average molecular weight is 309 g/mol. The first-order valence-corrected chi connectivity index (χ1v) is 8.48. The molecule has 0 rings (SSSR count). The Morgan fingerprint density at radius 1 is 1.15 bits per heavy atom. The molecule has 0 radical (unpaired) electrons. The van der Waals surface area contributed by atoms with Gasteiger partial charge in [-0.25, -0.2) is 13.1 Å². The van der Waals surface area contributed by atoms with E-state index in [-0.39, 0.29) is 18.1 Å². The third-order valence-electron chi connectivity index (χ3n) is 2.80. The van der Waals surface area contributed by atoms with Gasteiger partial charge in [0.2, 0.25) is 10.0 Å². The van der Waals surface area contributed by atoms with Crippen LogP contribution < -0.4 is 4.72 Å². The zero-order valence-corrected chi connectivity index (χ0v) is 13.7. The van der Waals surface area contributed by atoms with E-state index in [1.807, 2.05) is 27.7 Å². The lowest BCUT2D eigenvalue weighted by atomic mass is 10.1. The maximum atomic E-state index is 12.0. The highest BCUT2D eigenvalue weighted by atomic mass is 32.2. The Labute approximate surface area is 121 Å². The molecule has 0 saturated heterocycles. The van der Waals surface area contributed by atoms with Crippen molar-refractivity contribution in [3.63, 3.8) is 0 Å². The van der Waals surface area contributed by atoms with Crippen LogP contribution in [0.4, 0.5) is 0 Å². The van der Waals surface area contributed by atoms with E-state index < -0.39 is 28.1 Å². The molecule has 0 aliphatic heterocycles. The van der Waals surface area contributed by atoms with Crippen molar-refractivity contribution in [2.45, 2.75) is 52.7 Å². The number of aliphatic carboxylic acids is 1. The van der Waals surface area contributed by atoms with Crippen LogP contribution in [0.1, 0.15) is 40.5 Å². The van der Waals surface area contributed by atoms with Crippen molar-refractivity contribution in [2.24, 2.45) is 11.8 Å². The molecule has 0 saturated carbocycles. The summed E-state index contributed by atoms with van der Waals surface area (Å²) < 4.78 is 31.5. The summed E-state index contributed by atoms with van der Waals surface area (Å²) in [6.45, 7) is 7.65. The van der Waals surface area contributed by atoms with E-state index in [4.69, 9.17) is 9.84 Å². The predicted octanol–water partition coefficient (Wildman–Crippen LogP) is 1.47. The van der Waals surface area contributed by atoms with Gasteiger partial charge in [0.1, 0.15) is 6.04 Å². The van der Waals surface area contributed by atoms with Gasteiger partial charge in [-0.3, -0.25) is 4.79 Å². The molecular weight excluding hydrogens is 282 g/mol. The third-order valence-corrected chi connectivity index (χ3v) is 4.25. The summed E-state index contributed by atoms with van der Waals surface area (Å²) in [6, 6.07) is -1.09. The number of nitrogens with one attached hydrogen (secondary N) is 1. The lowest BCUT2D eigenvalue weighted by Gasteiger charge is -2.20. The van der Waals surface area contributed by atoms with Crippen molar-refractivity contribution >= 4 is 16.0 Å². The molecular formula is C13H27NO5S. The van der Waals surface area contributed by atoms with E-state index in [9.17, 15) is 13.2 Å². The highest BCUT2D eigenvalue weighted by Gasteiger charge is 2.27. The number of carbonyl (C=O) groups is 1. The predicted molar refractivity (Wildman–Crippen MR) is 78.1 cm³/mol. The minimum Gasteiger partial charge on any atom is -0.480 e. The van der Waals surface area contributed by atoms with Gasteiger partial charge in [-0.15, -0.1) is 0 Å². The number of sulfonamides is 1. The van der Waals surface area contributed by atoms with Gasteiger partial charge in [0.25, 0.3) is 0 Å². The molecule has 0 aromatic carbocycles. The van der Waals surface area contributed by atoms with E-state index in [0.717, 1.165) is 0 Å². The fourth-order valence-corrected chi connectivity index (χ4v) is 3.43. The monoisotopic (exact) mass is 309 g/mol. The first-order valence-electron chi connectivity index (χ1n) is 6.83. The second kappa shape index (κ2) is 8.59. The largest absolute Gasteiger partial charge is 0.480 e. The SMILES string of the molecule is COC(CC(C)C)CS(=O)(=O)N[C@@H](CC(C)C)C(=O)O. The van der Waals surface area contributed by atoms with Crippen molar-refractivity contribution in [3.8, 4) is 0 Å².